The van der Waals surface area contributed by atoms with Gasteiger partial charge in [0.1, 0.15) is 6.04 Å². The second-order valence-electron chi connectivity index (χ2n) is 6.59. The normalized spacial score (nSPS) is 16.8. The average Bonchev–Trinajstić information content (AvgIpc) is 2.89. The van der Waals surface area contributed by atoms with E-state index in [0.29, 0.717) is 13.0 Å². The van der Waals surface area contributed by atoms with E-state index in [9.17, 15) is 9.59 Å². The summed E-state index contributed by atoms with van der Waals surface area (Å²) in [6.45, 7) is 6.57. The van der Waals surface area contributed by atoms with Crippen LogP contribution in [0.25, 0.3) is 0 Å². The number of urea groups is 1. The van der Waals surface area contributed by atoms with Crippen molar-refractivity contribution in [3.63, 3.8) is 0 Å². The van der Waals surface area contributed by atoms with Crippen molar-refractivity contribution in [2.24, 2.45) is 0 Å². The van der Waals surface area contributed by atoms with Crippen molar-refractivity contribution >= 4 is 23.3 Å². The highest BCUT2D eigenvalue weighted by atomic mass is 16.2. The number of anilines is 2. The van der Waals surface area contributed by atoms with Crippen molar-refractivity contribution in [2.75, 3.05) is 16.8 Å². The fourth-order valence-corrected chi connectivity index (χ4v) is 3.21. The number of hydrogen-bond acceptors (Lipinski definition) is 2. The first-order valence-electron chi connectivity index (χ1n) is 8.47. The summed E-state index contributed by atoms with van der Waals surface area (Å²) in [5.74, 6) is -0.0649. The van der Waals surface area contributed by atoms with Crippen molar-refractivity contribution in [2.45, 2.75) is 33.2 Å². The van der Waals surface area contributed by atoms with Crippen LogP contribution in [0.15, 0.2) is 42.5 Å². The lowest BCUT2D eigenvalue weighted by atomic mass is 10.1. The Balaban J connectivity index is 1.66. The number of nitrogens with one attached hydrogen (secondary N) is 2. The molecule has 0 saturated carbocycles. The third kappa shape index (κ3) is 3.82. The van der Waals surface area contributed by atoms with E-state index in [2.05, 4.69) is 16.7 Å². The fourth-order valence-electron chi connectivity index (χ4n) is 3.21. The molecule has 1 aliphatic rings. The van der Waals surface area contributed by atoms with Gasteiger partial charge in [-0.2, -0.15) is 0 Å². The molecule has 1 aliphatic heterocycles. The van der Waals surface area contributed by atoms with Gasteiger partial charge in [-0.25, -0.2) is 4.79 Å². The number of benzene rings is 2. The number of amides is 3. The van der Waals surface area contributed by atoms with E-state index >= 15 is 0 Å². The van der Waals surface area contributed by atoms with Gasteiger partial charge < -0.3 is 15.5 Å². The minimum Gasteiger partial charge on any atom is -0.326 e. The third-order valence-corrected chi connectivity index (χ3v) is 4.42. The number of carbonyl (C=O) groups is 2. The lowest BCUT2D eigenvalue weighted by molar-refractivity contribution is -0.118. The van der Waals surface area contributed by atoms with Gasteiger partial charge in [0.2, 0.25) is 5.91 Å². The van der Waals surface area contributed by atoms with Crippen molar-refractivity contribution in [1.82, 2.24) is 5.32 Å². The molecule has 0 bridgehead atoms. The summed E-state index contributed by atoms with van der Waals surface area (Å²) in [6, 6.07) is 12.8. The van der Waals surface area contributed by atoms with Gasteiger partial charge in [-0.15, -0.1) is 0 Å². The zero-order valence-electron chi connectivity index (χ0n) is 14.8. The Hall–Kier alpha value is -2.82. The highest BCUT2D eigenvalue weighted by molar-refractivity contribution is 6.02. The van der Waals surface area contributed by atoms with E-state index < -0.39 is 6.04 Å². The zero-order chi connectivity index (χ0) is 18.0. The van der Waals surface area contributed by atoms with Crippen LogP contribution in [0.4, 0.5) is 16.2 Å². The Morgan fingerprint density at radius 1 is 1.08 bits per heavy atom. The molecule has 5 heteroatoms. The van der Waals surface area contributed by atoms with Gasteiger partial charge in [0.15, 0.2) is 0 Å². The van der Waals surface area contributed by atoms with Crippen molar-refractivity contribution in [3.05, 3.63) is 59.2 Å². The van der Waals surface area contributed by atoms with Gasteiger partial charge in [0.05, 0.1) is 0 Å². The largest absolute Gasteiger partial charge is 0.326 e. The molecule has 0 aliphatic carbocycles. The molecular formula is C20H23N3O2. The Labute approximate surface area is 148 Å². The van der Waals surface area contributed by atoms with Gasteiger partial charge in [-0.05, 0) is 62.1 Å². The molecule has 1 saturated heterocycles. The van der Waals surface area contributed by atoms with Gasteiger partial charge >= 0.3 is 6.03 Å². The number of nitrogens with zero attached hydrogens (tertiary/aromatic N) is 1. The minimum atomic E-state index is -0.496. The molecule has 3 amide bonds. The number of para-hydroxylation sites is 1. The summed E-state index contributed by atoms with van der Waals surface area (Å²) in [5, 5.41) is 5.60. The van der Waals surface area contributed by atoms with Crippen LogP contribution in [0.5, 0.6) is 0 Å². The first-order chi connectivity index (χ1) is 11.9. The quantitative estimate of drug-likeness (QED) is 0.900. The molecule has 1 fully saturated rings. The lowest BCUT2D eigenvalue weighted by Crippen LogP contribution is -2.43. The highest BCUT2D eigenvalue weighted by Gasteiger charge is 2.33. The summed E-state index contributed by atoms with van der Waals surface area (Å²) in [7, 11) is 0. The topological polar surface area (TPSA) is 61.4 Å². The Morgan fingerprint density at radius 3 is 2.44 bits per heavy atom. The van der Waals surface area contributed by atoms with Crippen LogP contribution in [0.1, 0.15) is 23.1 Å². The van der Waals surface area contributed by atoms with Crippen LogP contribution in [-0.4, -0.2) is 24.5 Å². The Morgan fingerprint density at radius 2 is 1.76 bits per heavy atom. The molecule has 5 nitrogen and oxygen atoms in total. The molecular weight excluding hydrogens is 314 g/mol. The predicted octanol–water partition coefficient (Wildman–Crippen LogP) is 3.54. The van der Waals surface area contributed by atoms with Gasteiger partial charge in [0.25, 0.3) is 0 Å². The SMILES string of the molecule is Cc1cc(C)cc(N2CC[C@H](NC(=O)Nc3ccccc3C)C2=O)c1. The maximum Gasteiger partial charge on any atom is 0.319 e. The van der Waals surface area contributed by atoms with Crippen LogP contribution in [0.2, 0.25) is 0 Å². The molecule has 0 unspecified atom stereocenters. The van der Waals surface area contributed by atoms with E-state index in [0.717, 1.165) is 28.1 Å². The lowest BCUT2D eigenvalue weighted by Gasteiger charge is -2.19. The monoisotopic (exact) mass is 337 g/mol. The molecule has 2 aromatic carbocycles. The Kier molecular flexibility index (Phi) is 4.74. The molecule has 2 N–H and O–H groups in total. The van der Waals surface area contributed by atoms with Gasteiger partial charge in [0, 0.05) is 17.9 Å². The predicted molar refractivity (Wildman–Crippen MR) is 100 cm³/mol. The maximum absolute atomic E-state index is 12.7. The average molecular weight is 337 g/mol. The van der Waals surface area contributed by atoms with Crippen molar-refractivity contribution < 1.29 is 9.59 Å². The summed E-state index contributed by atoms with van der Waals surface area (Å²) in [4.78, 5) is 26.6. The maximum atomic E-state index is 12.7. The van der Waals surface area contributed by atoms with Gasteiger partial charge in [-0.1, -0.05) is 24.3 Å². The molecule has 25 heavy (non-hydrogen) atoms. The summed E-state index contributed by atoms with van der Waals surface area (Å²) >= 11 is 0. The number of hydrogen-bond donors (Lipinski definition) is 2. The van der Waals surface area contributed by atoms with Crippen molar-refractivity contribution in [3.8, 4) is 0 Å². The van der Waals surface area contributed by atoms with Crippen LogP contribution in [0, 0.1) is 20.8 Å². The van der Waals surface area contributed by atoms with Crippen LogP contribution in [-0.2, 0) is 4.79 Å². The van der Waals surface area contributed by atoms with E-state index in [1.54, 1.807) is 4.90 Å². The first kappa shape index (κ1) is 17.0. The van der Waals surface area contributed by atoms with E-state index in [4.69, 9.17) is 0 Å². The first-order valence-corrected chi connectivity index (χ1v) is 8.47. The smallest absolute Gasteiger partial charge is 0.319 e. The van der Waals surface area contributed by atoms with E-state index in [1.807, 2.05) is 57.2 Å². The van der Waals surface area contributed by atoms with Crippen LogP contribution in [0.3, 0.4) is 0 Å². The highest BCUT2D eigenvalue weighted by Crippen LogP contribution is 2.24. The Bertz CT molecular complexity index is 796. The molecule has 0 radical (unpaired) electrons. The minimum absolute atomic E-state index is 0.0649. The number of carbonyl (C=O) groups excluding carboxylic acids is 2. The fraction of sp³-hybridized carbons (Fsp3) is 0.300. The standard InChI is InChI=1S/C20H23N3O2/c1-13-10-14(2)12-16(11-13)23-9-8-18(19(23)24)22-20(25)21-17-7-5-4-6-15(17)3/h4-7,10-12,18H,8-9H2,1-3H3,(H2,21,22,25)/t18-/m0/s1. The molecule has 0 spiro atoms. The number of aryl methyl sites for hydroxylation is 3. The second kappa shape index (κ2) is 6.97. The molecule has 3 rings (SSSR count). The summed E-state index contributed by atoms with van der Waals surface area (Å²) in [5.41, 5.74) is 4.86. The third-order valence-electron chi connectivity index (χ3n) is 4.42. The number of rotatable bonds is 3. The van der Waals surface area contributed by atoms with E-state index in [-0.39, 0.29) is 11.9 Å². The molecule has 1 heterocycles. The van der Waals surface area contributed by atoms with Gasteiger partial charge in [-0.3, -0.25) is 4.79 Å². The molecule has 130 valence electrons. The van der Waals surface area contributed by atoms with Crippen molar-refractivity contribution in [1.29, 1.82) is 0 Å². The summed E-state index contributed by atoms with van der Waals surface area (Å²) < 4.78 is 0. The molecule has 2 aromatic rings. The molecule has 0 aromatic heterocycles. The molecule has 1 atom stereocenters. The van der Waals surface area contributed by atoms with Crippen LogP contribution < -0.4 is 15.5 Å². The van der Waals surface area contributed by atoms with Crippen LogP contribution >= 0.6 is 0 Å². The van der Waals surface area contributed by atoms with E-state index in [1.165, 1.54) is 0 Å². The second-order valence-corrected chi connectivity index (χ2v) is 6.59. The zero-order valence-corrected chi connectivity index (χ0v) is 14.8. The summed E-state index contributed by atoms with van der Waals surface area (Å²) in [6.07, 6.45) is 0.604.